The van der Waals surface area contributed by atoms with Gasteiger partial charge in [0.05, 0.1) is 12.5 Å². The third-order valence-electron chi connectivity index (χ3n) is 3.04. The van der Waals surface area contributed by atoms with Crippen LogP contribution in [-0.2, 0) is 0 Å². The molecule has 2 unspecified atom stereocenters. The average molecular weight is 179 g/mol. The van der Waals surface area contributed by atoms with E-state index in [1.54, 1.807) is 6.26 Å². The minimum absolute atomic E-state index is 0.333. The first-order valence-corrected chi connectivity index (χ1v) is 5.15. The Hall–Kier alpha value is -0.760. The third-order valence-corrected chi connectivity index (χ3v) is 3.04. The number of furan rings is 1. The molecule has 0 saturated heterocycles. The first-order valence-electron chi connectivity index (χ1n) is 5.15. The molecule has 2 nitrogen and oxygen atoms in total. The Morgan fingerprint density at radius 2 is 2.08 bits per heavy atom. The molecule has 0 bridgehead atoms. The molecule has 0 spiro atoms. The SMILES string of the molecule is NC1CCCCCC1c1ccoc1. The highest BCUT2D eigenvalue weighted by molar-refractivity contribution is 5.15. The van der Waals surface area contributed by atoms with Gasteiger partial charge in [0.2, 0.25) is 0 Å². The molecular weight excluding hydrogens is 162 g/mol. The van der Waals surface area contributed by atoms with Crippen LogP contribution in [0, 0.1) is 0 Å². The lowest BCUT2D eigenvalue weighted by Crippen LogP contribution is -2.26. The van der Waals surface area contributed by atoms with Gasteiger partial charge >= 0.3 is 0 Å². The molecule has 2 rings (SSSR count). The summed E-state index contributed by atoms with van der Waals surface area (Å²) >= 11 is 0. The zero-order valence-electron chi connectivity index (χ0n) is 7.91. The summed E-state index contributed by atoms with van der Waals surface area (Å²) < 4.78 is 5.10. The van der Waals surface area contributed by atoms with Crippen molar-refractivity contribution in [3.8, 4) is 0 Å². The number of hydrogen-bond acceptors (Lipinski definition) is 2. The summed E-state index contributed by atoms with van der Waals surface area (Å²) in [6, 6.07) is 2.38. The van der Waals surface area contributed by atoms with Gasteiger partial charge in [0, 0.05) is 12.0 Å². The van der Waals surface area contributed by atoms with Crippen LogP contribution < -0.4 is 5.73 Å². The molecule has 13 heavy (non-hydrogen) atoms. The van der Waals surface area contributed by atoms with Gasteiger partial charge in [0.25, 0.3) is 0 Å². The molecule has 1 saturated carbocycles. The van der Waals surface area contributed by atoms with Gasteiger partial charge in [-0.2, -0.15) is 0 Å². The lowest BCUT2D eigenvalue weighted by atomic mass is 9.90. The van der Waals surface area contributed by atoms with Crippen molar-refractivity contribution in [3.05, 3.63) is 24.2 Å². The monoisotopic (exact) mass is 179 g/mol. The smallest absolute Gasteiger partial charge is 0.0937 e. The van der Waals surface area contributed by atoms with Crippen LogP contribution in [0.25, 0.3) is 0 Å². The largest absolute Gasteiger partial charge is 0.472 e. The summed E-state index contributed by atoms with van der Waals surface area (Å²) in [4.78, 5) is 0. The van der Waals surface area contributed by atoms with E-state index in [0.717, 1.165) is 6.42 Å². The van der Waals surface area contributed by atoms with Crippen molar-refractivity contribution >= 4 is 0 Å². The van der Waals surface area contributed by atoms with Gasteiger partial charge < -0.3 is 10.2 Å². The van der Waals surface area contributed by atoms with Gasteiger partial charge in [-0.25, -0.2) is 0 Å². The molecule has 0 aliphatic heterocycles. The molecule has 0 amide bonds. The third kappa shape index (κ3) is 1.94. The molecule has 2 N–H and O–H groups in total. The van der Waals surface area contributed by atoms with Gasteiger partial charge in [-0.05, 0) is 24.5 Å². The molecule has 0 aromatic carbocycles. The maximum Gasteiger partial charge on any atom is 0.0937 e. The number of nitrogens with two attached hydrogens (primary N) is 1. The maximum atomic E-state index is 6.13. The van der Waals surface area contributed by atoms with Crippen molar-refractivity contribution in [1.82, 2.24) is 0 Å². The zero-order valence-corrected chi connectivity index (χ0v) is 7.91. The topological polar surface area (TPSA) is 39.2 Å². The van der Waals surface area contributed by atoms with Crippen molar-refractivity contribution in [3.63, 3.8) is 0 Å². The first-order chi connectivity index (χ1) is 6.38. The number of rotatable bonds is 1. The Bertz CT molecular complexity index is 243. The van der Waals surface area contributed by atoms with E-state index in [9.17, 15) is 0 Å². The standard InChI is InChI=1S/C11H17NO/c12-11-5-3-1-2-4-10(11)9-6-7-13-8-9/h6-8,10-11H,1-5,12H2. The molecule has 0 radical (unpaired) electrons. The molecule has 2 atom stereocenters. The Labute approximate surface area is 79.1 Å². The highest BCUT2D eigenvalue weighted by Gasteiger charge is 2.22. The van der Waals surface area contributed by atoms with Crippen LogP contribution in [0.2, 0.25) is 0 Å². The minimum atomic E-state index is 0.333. The molecule has 72 valence electrons. The second-order valence-corrected chi connectivity index (χ2v) is 3.97. The van der Waals surface area contributed by atoms with E-state index in [4.69, 9.17) is 10.2 Å². The Morgan fingerprint density at radius 1 is 1.23 bits per heavy atom. The highest BCUT2D eigenvalue weighted by atomic mass is 16.3. The van der Waals surface area contributed by atoms with Crippen LogP contribution in [0.4, 0.5) is 0 Å². The lowest BCUT2D eigenvalue weighted by Gasteiger charge is -2.19. The second kappa shape index (κ2) is 3.97. The van der Waals surface area contributed by atoms with Crippen molar-refractivity contribution in [2.75, 3.05) is 0 Å². The van der Waals surface area contributed by atoms with E-state index >= 15 is 0 Å². The fourth-order valence-electron chi connectivity index (χ4n) is 2.24. The quantitative estimate of drug-likeness (QED) is 0.673. The molecule has 1 aromatic rings. The second-order valence-electron chi connectivity index (χ2n) is 3.97. The van der Waals surface area contributed by atoms with Crippen molar-refractivity contribution < 1.29 is 4.42 Å². The van der Waals surface area contributed by atoms with Crippen LogP contribution in [0.5, 0.6) is 0 Å². The molecule has 2 heteroatoms. The first kappa shape index (κ1) is 8.82. The molecule has 1 aliphatic rings. The summed E-state index contributed by atoms with van der Waals surface area (Å²) in [5.41, 5.74) is 7.42. The van der Waals surface area contributed by atoms with E-state index in [1.807, 2.05) is 6.26 Å². The van der Waals surface area contributed by atoms with E-state index in [0.29, 0.717) is 12.0 Å². The van der Waals surface area contributed by atoms with E-state index < -0.39 is 0 Å². The van der Waals surface area contributed by atoms with Gasteiger partial charge in [-0.3, -0.25) is 0 Å². The number of hydrogen-bond donors (Lipinski definition) is 1. The lowest BCUT2D eigenvalue weighted by molar-refractivity contribution is 0.494. The fraction of sp³-hybridized carbons (Fsp3) is 0.636. The van der Waals surface area contributed by atoms with E-state index in [1.165, 1.54) is 31.2 Å². The van der Waals surface area contributed by atoms with Gasteiger partial charge in [-0.1, -0.05) is 19.3 Å². The van der Waals surface area contributed by atoms with Crippen LogP contribution in [0.3, 0.4) is 0 Å². The predicted molar refractivity (Wildman–Crippen MR) is 52.5 cm³/mol. The molecule has 1 aromatic heterocycles. The van der Waals surface area contributed by atoms with Crippen LogP contribution in [-0.4, -0.2) is 6.04 Å². The normalized spacial score (nSPS) is 29.9. The summed E-state index contributed by atoms with van der Waals surface area (Å²) in [5, 5.41) is 0. The van der Waals surface area contributed by atoms with Gasteiger partial charge in [-0.15, -0.1) is 0 Å². The summed E-state index contributed by atoms with van der Waals surface area (Å²) in [7, 11) is 0. The van der Waals surface area contributed by atoms with E-state index in [-0.39, 0.29) is 0 Å². The Kier molecular flexibility index (Phi) is 2.69. The van der Waals surface area contributed by atoms with E-state index in [2.05, 4.69) is 6.07 Å². The van der Waals surface area contributed by atoms with Gasteiger partial charge in [0.15, 0.2) is 0 Å². The Morgan fingerprint density at radius 3 is 2.85 bits per heavy atom. The van der Waals surface area contributed by atoms with Crippen molar-refractivity contribution in [2.45, 2.75) is 44.1 Å². The summed E-state index contributed by atoms with van der Waals surface area (Å²) in [6.45, 7) is 0. The molecule has 1 heterocycles. The van der Waals surface area contributed by atoms with Gasteiger partial charge in [0.1, 0.15) is 0 Å². The van der Waals surface area contributed by atoms with Crippen molar-refractivity contribution in [2.24, 2.45) is 5.73 Å². The summed E-state index contributed by atoms with van der Waals surface area (Å²) in [6.07, 6.45) is 9.90. The van der Waals surface area contributed by atoms with Crippen LogP contribution in [0.1, 0.15) is 43.6 Å². The zero-order chi connectivity index (χ0) is 9.10. The van der Waals surface area contributed by atoms with Crippen LogP contribution in [0.15, 0.2) is 23.0 Å². The summed E-state index contributed by atoms with van der Waals surface area (Å²) in [5.74, 6) is 0.529. The van der Waals surface area contributed by atoms with Crippen molar-refractivity contribution in [1.29, 1.82) is 0 Å². The predicted octanol–water partition coefficient (Wildman–Crippen LogP) is 2.65. The molecule has 1 fully saturated rings. The molecule has 1 aliphatic carbocycles. The fourth-order valence-corrected chi connectivity index (χ4v) is 2.24. The Balaban J connectivity index is 2.11. The average Bonchev–Trinajstić information content (AvgIpc) is 2.56. The minimum Gasteiger partial charge on any atom is -0.472 e. The highest BCUT2D eigenvalue weighted by Crippen LogP contribution is 2.30. The van der Waals surface area contributed by atoms with Crippen LogP contribution >= 0.6 is 0 Å². The maximum absolute atomic E-state index is 6.13. The molecular formula is C11H17NO.